The van der Waals surface area contributed by atoms with Crippen LogP contribution in [0.25, 0.3) is 11.4 Å². The van der Waals surface area contributed by atoms with Crippen LogP contribution >= 0.6 is 0 Å². The fourth-order valence-electron chi connectivity index (χ4n) is 2.47. The molecule has 94 valence electrons. The van der Waals surface area contributed by atoms with Gasteiger partial charge in [-0.15, -0.1) is 0 Å². The molecule has 1 atom stereocenters. The highest BCUT2D eigenvalue weighted by Gasteiger charge is 2.18. The van der Waals surface area contributed by atoms with E-state index in [1.54, 1.807) is 0 Å². The van der Waals surface area contributed by atoms with Crippen LogP contribution in [0.1, 0.15) is 30.4 Å². The molecular weight excluding hydrogens is 224 g/mol. The molecule has 0 saturated carbocycles. The molecule has 0 bridgehead atoms. The van der Waals surface area contributed by atoms with Crippen molar-refractivity contribution in [1.29, 1.82) is 0 Å². The van der Waals surface area contributed by atoms with Crippen molar-refractivity contribution in [2.45, 2.75) is 25.8 Å². The number of aryl methyl sites for hydroxylation is 1. The summed E-state index contributed by atoms with van der Waals surface area (Å²) in [5.41, 5.74) is 3.22. The third-order valence-electron chi connectivity index (χ3n) is 3.67. The molecule has 1 N–H and O–H groups in total. The molecule has 2 aromatic heterocycles. The lowest BCUT2D eigenvalue weighted by Gasteiger charge is -2.11. The quantitative estimate of drug-likeness (QED) is 0.878. The molecule has 18 heavy (non-hydrogen) atoms. The molecule has 3 rings (SSSR count). The Labute approximate surface area is 107 Å². The molecule has 1 unspecified atom stereocenters. The molecule has 4 nitrogen and oxygen atoms in total. The minimum atomic E-state index is 0.416. The maximum Gasteiger partial charge on any atom is 0.105 e. The Kier molecular flexibility index (Phi) is 2.88. The standard InChI is InChI=1S/C14H18N4/c1-10-16-9-14(18(10)2)13-6-3-5-12(17-13)11-7-4-8-15-11/h3,5-6,9,11,15H,4,7-8H2,1-2H3. The van der Waals surface area contributed by atoms with Gasteiger partial charge < -0.3 is 9.88 Å². The van der Waals surface area contributed by atoms with E-state index in [9.17, 15) is 0 Å². The van der Waals surface area contributed by atoms with Crippen molar-refractivity contribution in [3.05, 3.63) is 35.9 Å². The van der Waals surface area contributed by atoms with Gasteiger partial charge in [-0.1, -0.05) is 6.07 Å². The van der Waals surface area contributed by atoms with E-state index in [4.69, 9.17) is 4.98 Å². The summed E-state index contributed by atoms with van der Waals surface area (Å²) in [6, 6.07) is 6.66. The first-order chi connectivity index (χ1) is 8.75. The number of hydrogen-bond donors (Lipinski definition) is 1. The molecule has 0 amide bonds. The Morgan fingerprint density at radius 2 is 2.28 bits per heavy atom. The Bertz CT molecular complexity index is 553. The molecule has 1 saturated heterocycles. The summed E-state index contributed by atoms with van der Waals surface area (Å²) >= 11 is 0. The van der Waals surface area contributed by atoms with Crippen molar-refractivity contribution >= 4 is 0 Å². The topological polar surface area (TPSA) is 42.7 Å². The van der Waals surface area contributed by atoms with Crippen LogP contribution in [0.5, 0.6) is 0 Å². The van der Waals surface area contributed by atoms with E-state index in [0.717, 1.165) is 29.5 Å². The van der Waals surface area contributed by atoms with Gasteiger partial charge in [0.25, 0.3) is 0 Å². The Balaban J connectivity index is 1.98. The van der Waals surface area contributed by atoms with Gasteiger partial charge in [-0.05, 0) is 38.4 Å². The van der Waals surface area contributed by atoms with Gasteiger partial charge in [0.1, 0.15) is 5.82 Å². The van der Waals surface area contributed by atoms with Crippen LogP contribution in [0.2, 0.25) is 0 Å². The number of nitrogens with zero attached hydrogens (tertiary/aromatic N) is 3. The lowest BCUT2D eigenvalue weighted by Crippen LogP contribution is -2.14. The Morgan fingerprint density at radius 3 is 2.94 bits per heavy atom. The average molecular weight is 242 g/mol. The number of hydrogen-bond acceptors (Lipinski definition) is 3. The van der Waals surface area contributed by atoms with Gasteiger partial charge in [0.2, 0.25) is 0 Å². The molecule has 1 aliphatic heterocycles. The maximum absolute atomic E-state index is 4.78. The Hall–Kier alpha value is -1.68. The van der Waals surface area contributed by atoms with E-state index < -0.39 is 0 Å². The minimum Gasteiger partial charge on any atom is -0.330 e. The number of nitrogens with one attached hydrogen (secondary N) is 1. The zero-order chi connectivity index (χ0) is 12.5. The SMILES string of the molecule is Cc1ncc(-c2cccc(C3CCCN3)n2)n1C. The van der Waals surface area contributed by atoms with Crippen LogP contribution in [-0.2, 0) is 7.05 Å². The lowest BCUT2D eigenvalue weighted by atomic mass is 10.1. The first-order valence-corrected chi connectivity index (χ1v) is 6.45. The molecule has 0 aliphatic carbocycles. The van der Waals surface area contributed by atoms with Crippen molar-refractivity contribution in [3.63, 3.8) is 0 Å². The zero-order valence-corrected chi connectivity index (χ0v) is 10.8. The van der Waals surface area contributed by atoms with Crippen LogP contribution in [0.4, 0.5) is 0 Å². The van der Waals surface area contributed by atoms with Crippen LogP contribution in [0, 0.1) is 6.92 Å². The molecule has 0 aromatic carbocycles. The predicted molar refractivity (Wildman–Crippen MR) is 71.2 cm³/mol. The molecule has 3 heterocycles. The number of imidazole rings is 1. The van der Waals surface area contributed by atoms with E-state index >= 15 is 0 Å². The number of pyridine rings is 1. The van der Waals surface area contributed by atoms with Crippen molar-refractivity contribution < 1.29 is 0 Å². The van der Waals surface area contributed by atoms with Crippen molar-refractivity contribution in [3.8, 4) is 11.4 Å². The fourth-order valence-corrected chi connectivity index (χ4v) is 2.47. The van der Waals surface area contributed by atoms with Crippen molar-refractivity contribution in [1.82, 2.24) is 19.9 Å². The second kappa shape index (κ2) is 4.53. The molecule has 1 fully saturated rings. The Morgan fingerprint density at radius 1 is 1.39 bits per heavy atom. The summed E-state index contributed by atoms with van der Waals surface area (Å²) in [4.78, 5) is 9.10. The van der Waals surface area contributed by atoms with Gasteiger partial charge >= 0.3 is 0 Å². The smallest absolute Gasteiger partial charge is 0.105 e. The van der Waals surface area contributed by atoms with Gasteiger partial charge in [-0.2, -0.15) is 0 Å². The van der Waals surface area contributed by atoms with Gasteiger partial charge in [-0.3, -0.25) is 0 Å². The normalized spacial score (nSPS) is 19.3. The molecular formula is C14H18N4. The second-order valence-electron chi connectivity index (χ2n) is 4.85. The van der Waals surface area contributed by atoms with Crippen molar-refractivity contribution in [2.75, 3.05) is 6.54 Å². The summed E-state index contributed by atoms with van der Waals surface area (Å²) in [7, 11) is 2.03. The average Bonchev–Trinajstić information content (AvgIpc) is 3.02. The number of rotatable bonds is 2. The molecule has 0 spiro atoms. The second-order valence-corrected chi connectivity index (χ2v) is 4.85. The van der Waals surface area contributed by atoms with E-state index in [0.29, 0.717) is 6.04 Å². The first-order valence-electron chi connectivity index (χ1n) is 6.45. The predicted octanol–water partition coefficient (Wildman–Crippen LogP) is 2.22. The van der Waals surface area contributed by atoms with Gasteiger partial charge in [0, 0.05) is 13.1 Å². The van der Waals surface area contributed by atoms with Crippen molar-refractivity contribution in [2.24, 2.45) is 7.05 Å². The van der Waals surface area contributed by atoms with E-state index in [-0.39, 0.29) is 0 Å². The van der Waals surface area contributed by atoms with E-state index in [2.05, 4.69) is 33.1 Å². The summed E-state index contributed by atoms with van der Waals surface area (Å²) in [5, 5.41) is 3.49. The van der Waals surface area contributed by atoms with E-state index in [1.807, 2.05) is 20.2 Å². The minimum absolute atomic E-state index is 0.416. The summed E-state index contributed by atoms with van der Waals surface area (Å²) in [5.74, 6) is 1.01. The fraction of sp³-hybridized carbons (Fsp3) is 0.429. The zero-order valence-electron chi connectivity index (χ0n) is 10.8. The number of aromatic nitrogens is 3. The molecule has 1 aliphatic rings. The molecule has 2 aromatic rings. The lowest BCUT2D eigenvalue weighted by molar-refractivity contribution is 0.628. The van der Waals surface area contributed by atoms with Crippen LogP contribution in [0.15, 0.2) is 24.4 Å². The summed E-state index contributed by atoms with van der Waals surface area (Å²) in [6.45, 7) is 3.10. The monoisotopic (exact) mass is 242 g/mol. The van der Waals surface area contributed by atoms with Gasteiger partial charge in [0.15, 0.2) is 0 Å². The maximum atomic E-state index is 4.78. The highest BCUT2D eigenvalue weighted by molar-refractivity contribution is 5.54. The third kappa shape index (κ3) is 1.93. The molecule has 0 radical (unpaired) electrons. The highest BCUT2D eigenvalue weighted by Crippen LogP contribution is 2.24. The highest BCUT2D eigenvalue weighted by atomic mass is 15.1. The largest absolute Gasteiger partial charge is 0.330 e. The van der Waals surface area contributed by atoms with Crippen LogP contribution < -0.4 is 5.32 Å². The van der Waals surface area contributed by atoms with Gasteiger partial charge in [-0.25, -0.2) is 9.97 Å². The van der Waals surface area contributed by atoms with Crippen LogP contribution in [-0.4, -0.2) is 21.1 Å². The first kappa shape index (κ1) is 11.4. The third-order valence-corrected chi connectivity index (χ3v) is 3.67. The van der Waals surface area contributed by atoms with E-state index in [1.165, 1.54) is 12.8 Å². The summed E-state index contributed by atoms with van der Waals surface area (Å²) in [6.07, 6.45) is 4.31. The van der Waals surface area contributed by atoms with Crippen LogP contribution in [0.3, 0.4) is 0 Å². The summed E-state index contributed by atoms with van der Waals surface area (Å²) < 4.78 is 2.08. The molecule has 4 heteroatoms. The van der Waals surface area contributed by atoms with Gasteiger partial charge in [0.05, 0.1) is 23.3 Å².